The first kappa shape index (κ1) is 21.3. The van der Waals surface area contributed by atoms with Gasteiger partial charge in [-0.2, -0.15) is 0 Å². The van der Waals surface area contributed by atoms with Crippen LogP contribution in [0.5, 0.6) is 23.0 Å². The van der Waals surface area contributed by atoms with Gasteiger partial charge in [-0.3, -0.25) is 4.79 Å². The van der Waals surface area contributed by atoms with Crippen LogP contribution >= 0.6 is 0 Å². The lowest BCUT2D eigenvalue weighted by Crippen LogP contribution is -2.12. The maximum Gasteiger partial charge on any atom is 0.204 e. The Bertz CT molecular complexity index is 1260. The highest BCUT2D eigenvalue weighted by molar-refractivity contribution is 5.97. The summed E-state index contributed by atoms with van der Waals surface area (Å²) in [6, 6.07) is 2.29. The minimum atomic E-state index is -1.03. The van der Waals surface area contributed by atoms with Crippen LogP contribution in [0.4, 0.5) is 0 Å². The number of benzene rings is 2. The van der Waals surface area contributed by atoms with Gasteiger partial charge in [0.25, 0.3) is 0 Å². The molecule has 3 aromatic rings. The van der Waals surface area contributed by atoms with Gasteiger partial charge in [-0.15, -0.1) is 0 Å². The van der Waals surface area contributed by atoms with Crippen molar-refractivity contribution in [1.29, 1.82) is 0 Å². The van der Waals surface area contributed by atoms with E-state index in [9.17, 15) is 30.3 Å². The molecule has 0 aliphatic rings. The van der Waals surface area contributed by atoms with Gasteiger partial charge in [0.2, 0.25) is 5.43 Å². The highest BCUT2D eigenvalue weighted by Crippen LogP contribution is 2.40. The van der Waals surface area contributed by atoms with Crippen LogP contribution in [0.25, 0.3) is 21.9 Å². The molecular weight excluding hydrogens is 388 g/mol. The van der Waals surface area contributed by atoms with Crippen LogP contribution in [0.1, 0.15) is 31.9 Å². The fourth-order valence-electron chi connectivity index (χ4n) is 3.31. The number of aliphatic hydroxyl groups excluding tert-OH is 1. The maximum atomic E-state index is 13.3. The van der Waals surface area contributed by atoms with Crippen LogP contribution in [0.2, 0.25) is 0 Å². The molecule has 0 aliphatic heterocycles. The van der Waals surface area contributed by atoms with Crippen molar-refractivity contribution in [3.05, 3.63) is 57.3 Å². The van der Waals surface area contributed by atoms with E-state index in [-0.39, 0.29) is 51.7 Å². The first-order chi connectivity index (χ1) is 14.0. The number of hydrogen-bond donors (Lipinski definition) is 5. The van der Waals surface area contributed by atoms with Gasteiger partial charge < -0.3 is 29.9 Å². The van der Waals surface area contributed by atoms with E-state index in [2.05, 4.69) is 6.58 Å². The van der Waals surface area contributed by atoms with Crippen molar-refractivity contribution in [2.45, 2.75) is 39.7 Å². The van der Waals surface area contributed by atoms with E-state index in [4.69, 9.17) is 4.42 Å². The molecule has 0 saturated heterocycles. The van der Waals surface area contributed by atoms with Gasteiger partial charge in [0.1, 0.15) is 28.1 Å². The van der Waals surface area contributed by atoms with E-state index in [0.717, 1.165) is 11.6 Å². The molecule has 2 aromatic carbocycles. The van der Waals surface area contributed by atoms with Gasteiger partial charge in [0.15, 0.2) is 11.5 Å². The molecule has 1 atom stereocenters. The first-order valence-corrected chi connectivity index (χ1v) is 9.37. The molecule has 0 radical (unpaired) electrons. The van der Waals surface area contributed by atoms with Crippen molar-refractivity contribution in [3.8, 4) is 23.0 Å². The standard InChI is InChI=1S/C23H24O7/c1-10(2)5-6-12-19-17(9-16(26)21(12)27)30-18-8-15(25)13(7-14(24)11(3)4)22(28)20(18)23(19)29/h5,8-9,14,24-28H,3,6-7H2,1-2,4H3. The van der Waals surface area contributed by atoms with Crippen LogP contribution < -0.4 is 5.43 Å². The van der Waals surface area contributed by atoms with E-state index >= 15 is 0 Å². The second-order valence-electron chi connectivity index (χ2n) is 7.68. The normalized spacial score (nSPS) is 12.3. The molecule has 7 nitrogen and oxygen atoms in total. The molecule has 30 heavy (non-hydrogen) atoms. The smallest absolute Gasteiger partial charge is 0.204 e. The number of aliphatic hydroxyl groups is 1. The third kappa shape index (κ3) is 3.59. The molecule has 0 saturated carbocycles. The molecule has 7 heteroatoms. The van der Waals surface area contributed by atoms with Gasteiger partial charge in [-0.05, 0) is 27.2 Å². The van der Waals surface area contributed by atoms with Gasteiger partial charge in [-0.1, -0.05) is 23.8 Å². The van der Waals surface area contributed by atoms with E-state index in [0.29, 0.717) is 5.57 Å². The van der Waals surface area contributed by atoms with Gasteiger partial charge in [0.05, 0.1) is 11.5 Å². The molecule has 1 unspecified atom stereocenters. The minimum Gasteiger partial charge on any atom is -0.507 e. The monoisotopic (exact) mass is 412 g/mol. The summed E-state index contributed by atoms with van der Waals surface area (Å²) in [5.74, 6) is -1.75. The summed E-state index contributed by atoms with van der Waals surface area (Å²) in [6.07, 6.45) is 0.769. The number of hydrogen-bond acceptors (Lipinski definition) is 7. The van der Waals surface area contributed by atoms with E-state index in [1.54, 1.807) is 13.0 Å². The van der Waals surface area contributed by atoms with E-state index < -0.39 is 28.8 Å². The van der Waals surface area contributed by atoms with Crippen molar-refractivity contribution < 1.29 is 29.9 Å². The van der Waals surface area contributed by atoms with Crippen LogP contribution in [0.3, 0.4) is 0 Å². The Labute approximate surface area is 172 Å². The predicted molar refractivity (Wildman–Crippen MR) is 114 cm³/mol. The van der Waals surface area contributed by atoms with E-state index in [1.807, 2.05) is 13.8 Å². The summed E-state index contributed by atoms with van der Waals surface area (Å²) in [4.78, 5) is 13.3. The molecule has 1 heterocycles. The fraction of sp³-hybridized carbons (Fsp3) is 0.261. The number of allylic oxidation sites excluding steroid dienone is 2. The van der Waals surface area contributed by atoms with Gasteiger partial charge >= 0.3 is 0 Å². The second kappa shape index (κ2) is 7.76. The molecule has 5 N–H and O–H groups in total. The second-order valence-corrected chi connectivity index (χ2v) is 7.68. The number of rotatable bonds is 5. The molecular formula is C23H24O7. The number of fused-ring (bicyclic) bond motifs is 2. The summed E-state index contributed by atoms with van der Waals surface area (Å²) in [6.45, 7) is 8.96. The minimum absolute atomic E-state index is 0.00785. The molecule has 158 valence electrons. The highest BCUT2D eigenvalue weighted by Gasteiger charge is 2.23. The number of aromatic hydroxyl groups is 4. The molecule has 0 bridgehead atoms. The zero-order valence-electron chi connectivity index (χ0n) is 17.0. The lowest BCUT2D eigenvalue weighted by atomic mass is 9.97. The zero-order chi connectivity index (χ0) is 22.3. The van der Waals surface area contributed by atoms with Crippen molar-refractivity contribution in [1.82, 2.24) is 0 Å². The quantitative estimate of drug-likeness (QED) is 0.245. The zero-order valence-corrected chi connectivity index (χ0v) is 17.0. The lowest BCUT2D eigenvalue weighted by Gasteiger charge is -2.15. The predicted octanol–water partition coefficient (Wildman–Crippen LogP) is 3.76. The Hall–Kier alpha value is -3.45. The Balaban J connectivity index is 2.40. The average molecular weight is 412 g/mol. The van der Waals surface area contributed by atoms with Crippen LogP contribution in [0, 0.1) is 0 Å². The third-order valence-corrected chi connectivity index (χ3v) is 5.05. The Morgan fingerprint density at radius 2 is 1.60 bits per heavy atom. The van der Waals surface area contributed by atoms with Crippen molar-refractivity contribution >= 4 is 21.9 Å². The summed E-state index contributed by atoms with van der Waals surface area (Å²) in [5, 5.41) is 51.4. The molecule has 0 amide bonds. The van der Waals surface area contributed by atoms with Crippen molar-refractivity contribution in [2.75, 3.05) is 0 Å². The first-order valence-electron chi connectivity index (χ1n) is 9.37. The molecule has 0 spiro atoms. The summed E-state index contributed by atoms with van der Waals surface area (Å²) in [5.41, 5.74) is 0.824. The summed E-state index contributed by atoms with van der Waals surface area (Å²) < 4.78 is 5.69. The largest absolute Gasteiger partial charge is 0.507 e. The van der Waals surface area contributed by atoms with Gasteiger partial charge in [0, 0.05) is 29.7 Å². The van der Waals surface area contributed by atoms with Crippen LogP contribution in [0.15, 0.2) is 45.1 Å². The van der Waals surface area contributed by atoms with Crippen molar-refractivity contribution in [3.63, 3.8) is 0 Å². The van der Waals surface area contributed by atoms with Crippen LogP contribution in [-0.4, -0.2) is 31.6 Å². The average Bonchev–Trinajstić information content (AvgIpc) is 2.65. The Morgan fingerprint density at radius 1 is 1.00 bits per heavy atom. The molecule has 1 aromatic heterocycles. The maximum absolute atomic E-state index is 13.3. The number of phenols is 4. The third-order valence-electron chi connectivity index (χ3n) is 5.05. The fourth-order valence-corrected chi connectivity index (χ4v) is 3.31. The van der Waals surface area contributed by atoms with Gasteiger partial charge in [-0.25, -0.2) is 0 Å². The molecule has 0 fully saturated rings. The lowest BCUT2D eigenvalue weighted by molar-refractivity contribution is 0.209. The summed E-state index contributed by atoms with van der Waals surface area (Å²) in [7, 11) is 0. The van der Waals surface area contributed by atoms with Crippen LogP contribution in [-0.2, 0) is 12.8 Å². The number of phenolic OH excluding ortho intramolecular Hbond substituents is 4. The molecule has 3 rings (SSSR count). The highest BCUT2D eigenvalue weighted by atomic mass is 16.3. The topological polar surface area (TPSA) is 131 Å². The molecule has 0 aliphatic carbocycles. The van der Waals surface area contributed by atoms with Crippen molar-refractivity contribution in [2.24, 2.45) is 0 Å². The Morgan fingerprint density at radius 3 is 2.20 bits per heavy atom. The summed E-state index contributed by atoms with van der Waals surface area (Å²) >= 11 is 0. The Kier molecular flexibility index (Phi) is 5.50. The van der Waals surface area contributed by atoms with E-state index in [1.165, 1.54) is 6.07 Å². The SMILES string of the molecule is C=C(C)C(O)Cc1c(O)cc2oc3cc(O)c(O)c(CC=C(C)C)c3c(=O)c2c1O.